The van der Waals surface area contributed by atoms with Crippen LogP contribution in [0.1, 0.15) is 16.5 Å². The maximum atomic E-state index is 6.06. The SMILES string of the molecule is NC(c1cnns1)c1cccc(Cl)c1Cl. The molecule has 0 saturated carbocycles. The molecule has 3 nitrogen and oxygen atoms in total. The molecule has 0 aliphatic rings. The molecule has 2 N–H and O–H groups in total. The molecule has 6 heteroatoms. The van der Waals surface area contributed by atoms with Gasteiger partial charge >= 0.3 is 0 Å². The largest absolute Gasteiger partial charge is 0.319 e. The van der Waals surface area contributed by atoms with E-state index in [1.54, 1.807) is 12.3 Å². The molecule has 0 amide bonds. The van der Waals surface area contributed by atoms with Gasteiger partial charge in [0.1, 0.15) is 0 Å². The van der Waals surface area contributed by atoms with Gasteiger partial charge in [-0.3, -0.25) is 0 Å². The molecule has 0 aliphatic heterocycles. The minimum absolute atomic E-state index is 0.323. The summed E-state index contributed by atoms with van der Waals surface area (Å²) >= 11 is 13.2. The number of nitrogens with two attached hydrogens (primary N) is 1. The summed E-state index contributed by atoms with van der Waals surface area (Å²) < 4.78 is 3.76. The van der Waals surface area contributed by atoms with E-state index in [0.29, 0.717) is 10.0 Å². The second-order valence-corrected chi connectivity index (χ2v) is 4.54. The molecule has 1 heterocycles. The highest BCUT2D eigenvalue weighted by Crippen LogP contribution is 2.32. The van der Waals surface area contributed by atoms with Gasteiger partial charge in [0.15, 0.2) is 0 Å². The molecular formula is C9H7Cl2N3S. The van der Waals surface area contributed by atoms with Crippen molar-refractivity contribution in [3.63, 3.8) is 0 Å². The van der Waals surface area contributed by atoms with Crippen LogP contribution in [0.2, 0.25) is 10.0 Å². The molecule has 1 aromatic heterocycles. The standard InChI is InChI=1S/C9H7Cl2N3S/c10-6-3-1-2-5(8(6)11)9(12)7-4-13-14-15-7/h1-4,9H,12H2. The Balaban J connectivity index is 2.42. The maximum Gasteiger partial charge on any atom is 0.0693 e. The molecule has 0 saturated heterocycles. The first-order chi connectivity index (χ1) is 7.20. The predicted molar refractivity (Wildman–Crippen MR) is 62.4 cm³/mol. The van der Waals surface area contributed by atoms with Crippen molar-refractivity contribution in [2.75, 3.05) is 0 Å². The Bertz CT molecular complexity index is 458. The molecular weight excluding hydrogens is 253 g/mol. The highest BCUT2D eigenvalue weighted by Gasteiger charge is 2.15. The van der Waals surface area contributed by atoms with E-state index in [0.717, 1.165) is 10.4 Å². The van der Waals surface area contributed by atoms with Crippen LogP contribution in [-0.4, -0.2) is 9.59 Å². The molecule has 1 unspecified atom stereocenters. The molecule has 2 aromatic rings. The molecule has 15 heavy (non-hydrogen) atoms. The average molecular weight is 260 g/mol. The second-order valence-electron chi connectivity index (χ2n) is 2.94. The summed E-state index contributed by atoms with van der Waals surface area (Å²) in [5.41, 5.74) is 6.81. The fourth-order valence-corrected chi connectivity index (χ4v) is 2.17. The Hall–Kier alpha value is -0.680. The number of rotatable bonds is 2. The number of benzene rings is 1. The van der Waals surface area contributed by atoms with Crippen molar-refractivity contribution in [2.24, 2.45) is 5.73 Å². The van der Waals surface area contributed by atoms with Crippen molar-refractivity contribution in [1.29, 1.82) is 0 Å². The van der Waals surface area contributed by atoms with Gasteiger partial charge in [0.05, 0.1) is 27.2 Å². The van der Waals surface area contributed by atoms with Crippen LogP contribution < -0.4 is 5.73 Å². The highest BCUT2D eigenvalue weighted by molar-refractivity contribution is 7.05. The van der Waals surface area contributed by atoms with Gasteiger partial charge in [0, 0.05) is 0 Å². The lowest BCUT2D eigenvalue weighted by Gasteiger charge is -2.11. The third kappa shape index (κ3) is 2.13. The number of aromatic nitrogens is 2. The van der Waals surface area contributed by atoms with E-state index in [2.05, 4.69) is 9.59 Å². The molecule has 0 spiro atoms. The first-order valence-electron chi connectivity index (χ1n) is 4.17. The first kappa shape index (κ1) is 10.8. The van der Waals surface area contributed by atoms with Crippen molar-refractivity contribution in [3.05, 3.63) is 44.9 Å². The van der Waals surface area contributed by atoms with Gasteiger partial charge in [-0.25, -0.2) is 0 Å². The van der Waals surface area contributed by atoms with Crippen LogP contribution in [0.5, 0.6) is 0 Å². The van der Waals surface area contributed by atoms with Crippen molar-refractivity contribution >= 4 is 34.7 Å². The molecule has 78 valence electrons. The third-order valence-corrected chi connectivity index (χ3v) is 3.58. The number of nitrogens with zero attached hydrogens (tertiary/aromatic N) is 2. The number of hydrogen-bond donors (Lipinski definition) is 1. The summed E-state index contributed by atoms with van der Waals surface area (Å²) in [6.07, 6.45) is 1.63. The Morgan fingerprint density at radius 3 is 2.80 bits per heavy atom. The van der Waals surface area contributed by atoms with Crippen LogP contribution in [0.15, 0.2) is 24.4 Å². The summed E-state index contributed by atoms with van der Waals surface area (Å²) in [7, 11) is 0. The molecule has 2 rings (SSSR count). The Kier molecular flexibility index (Phi) is 3.21. The Morgan fingerprint density at radius 2 is 2.13 bits per heavy atom. The zero-order valence-corrected chi connectivity index (χ0v) is 9.85. The lowest BCUT2D eigenvalue weighted by Crippen LogP contribution is -2.10. The molecule has 1 atom stereocenters. The van der Waals surface area contributed by atoms with Gasteiger partial charge in [-0.05, 0) is 23.2 Å². The first-order valence-corrected chi connectivity index (χ1v) is 5.70. The van der Waals surface area contributed by atoms with Gasteiger partial charge in [-0.2, -0.15) is 0 Å². The zero-order valence-electron chi connectivity index (χ0n) is 7.52. The molecule has 0 radical (unpaired) electrons. The van der Waals surface area contributed by atoms with Gasteiger partial charge in [0.2, 0.25) is 0 Å². The molecule has 0 fully saturated rings. The molecule has 0 aliphatic carbocycles. The lowest BCUT2D eigenvalue weighted by atomic mass is 10.1. The summed E-state index contributed by atoms with van der Waals surface area (Å²) in [5.74, 6) is 0. The van der Waals surface area contributed by atoms with Gasteiger partial charge in [-0.1, -0.05) is 39.8 Å². The second kappa shape index (κ2) is 4.45. The van der Waals surface area contributed by atoms with Crippen LogP contribution in [0, 0.1) is 0 Å². The lowest BCUT2D eigenvalue weighted by molar-refractivity contribution is 0.888. The third-order valence-electron chi connectivity index (χ3n) is 2.00. The topological polar surface area (TPSA) is 51.8 Å². The van der Waals surface area contributed by atoms with Gasteiger partial charge in [0.25, 0.3) is 0 Å². The summed E-state index contributed by atoms with van der Waals surface area (Å²) in [6, 6.07) is 5.07. The van der Waals surface area contributed by atoms with Crippen molar-refractivity contribution < 1.29 is 0 Å². The van der Waals surface area contributed by atoms with E-state index in [1.165, 1.54) is 11.5 Å². The van der Waals surface area contributed by atoms with E-state index < -0.39 is 0 Å². The van der Waals surface area contributed by atoms with Crippen LogP contribution in [0.3, 0.4) is 0 Å². The number of halogens is 2. The van der Waals surface area contributed by atoms with Crippen LogP contribution in [0.4, 0.5) is 0 Å². The monoisotopic (exact) mass is 259 g/mol. The van der Waals surface area contributed by atoms with Crippen molar-refractivity contribution in [2.45, 2.75) is 6.04 Å². The number of hydrogen-bond acceptors (Lipinski definition) is 4. The van der Waals surface area contributed by atoms with Gasteiger partial charge < -0.3 is 5.73 Å². The van der Waals surface area contributed by atoms with Gasteiger partial charge in [-0.15, -0.1) is 5.10 Å². The smallest absolute Gasteiger partial charge is 0.0693 e. The van der Waals surface area contributed by atoms with E-state index in [4.69, 9.17) is 28.9 Å². The molecule has 0 bridgehead atoms. The Labute approximate surface area is 101 Å². The van der Waals surface area contributed by atoms with Crippen LogP contribution >= 0.6 is 34.7 Å². The van der Waals surface area contributed by atoms with Crippen LogP contribution in [-0.2, 0) is 0 Å². The fourth-order valence-electron chi connectivity index (χ4n) is 1.23. The van der Waals surface area contributed by atoms with E-state index in [9.17, 15) is 0 Å². The minimum Gasteiger partial charge on any atom is -0.319 e. The predicted octanol–water partition coefficient (Wildman–Crippen LogP) is 2.89. The summed E-state index contributed by atoms with van der Waals surface area (Å²) in [5, 5.41) is 4.72. The highest BCUT2D eigenvalue weighted by atomic mass is 35.5. The van der Waals surface area contributed by atoms with E-state index in [1.807, 2.05) is 12.1 Å². The fraction of sp³-hybridized carbons (Fsp3) is 0.111. The van der Waals surface area contributed by atoms with E-state index in [-0.39, 0.29) is 6.04 Å². The maximum absolute atomic E-state index is 6.06. The summed E-state index contributed by atoms with van der Waals surface area (Å²) in [6.45, 7) is 0. The average Bonchev–Trinajstić information content (AvgIpc) is 2.74. The van der Waals surface area contributed by atoms with E-state index >= 15 is 0 Å². The van der Waals surface area contributed by atoms with Crippen molar-refractivity contribution in [1.82, 2.24) is 9.59 Å². The van der Waals surface area contributed by atoms with Crippen molar-refractivity contribution in [3.8, 4) is 0 Å². The Morgan fingerprint density at radius 1 is 1.33 bits per heavy atom. The minimum atomic E-state index is -0.323. The van der Waals surface area contributed by atoms with Crippen LogP contribution in [0.25, 0.3) is 0 Å². The quantitative estimate of drug-likeness (QED) is 0.903. The molecule has 1 aromatic carbocycles. The zero-order chi connectivity index (χ0) is 10.8. The normalized spacial score (nSPS) is 12.7. The summed E-state index contributed by atoms with van der Waals surface area (Å²) in [4.78, 5) is 0.860.